The topological polar surface area (TPSA) is 170 Å². The fourth-order valence-corrected chi connectivity index (χ4v) is 4.66. The van der Waals surface area contributed by atoms with E-state index < -0.39 is 40.5 Å². The molecule has 4 atom stereocenters. The molecule has 0 saturated carbocycles. The summed E-state index contributed by atoms with van der Waals surface area (Å²) in [6, 6.07) is 5.27. The van der Waals surface area contributed by atoms with E-state index in [2.05, 4.69) is 31.1 Å². The molecule has 1 fully saturated rings. The molecule has 0 bridgehead atoms. The molecule has 4 unspecified atom stereocenters. The molecule has 0 aliphatic carbocycles. The number of rotatable bonds is 12. The summed E-state index contributed by atoms with van der Waals surface area (Å²) in [6.07, 6.45) is 4.58. The molecule has 33 heavy (non-hydrogen) atoms. The van der Waals surface area contributed by atoms with Crippen LogP contribution in [0.1, 0.15) is 25.7 Å². The molecule has 0 aromatic heterocycles. The van der Waals surface area contributed by atoms with Crippen molar-refractivity contribution in [1.29, 1.82) is 0 Å². The van der Waals surface area contributed by atoms with Gasteiger partial charge in [-0.25, -0.2) is 8.42 Å². The minimum Gasteiger partial charge on any atom is -0.480 e. The number of benzene rings is 1. The van der Waals surface area contributed by atoms with Gasteiger partial charge in [-0.2, -0.15) is 10.2 Å². The van der Waals surface area contributed by atoms with Gasteiger partial charge < -0.3 is 10.4 Å². The van der Waals surface area contributed by atoms with E-state index in [0.29, 0.717) is 6.42 Å². The van der Waals surface area contributed by atoms with Gasteiger partial charge in [0, 0.05) is 25.7 Å². The number of nitrogens with one attached hydrogen (secondary N) is 5. The zero-order valence-corrected chi connectivity index (χ0v) is 18.9. The third-order valence-electron chi connectivity index (χ3n) is 5.23. The second kappa shape index (κ2) is 12.2. The van der Waals surface area contributed by atoms with Crippen molar-refractivity contribution in [2.75, 3.05) is 19.6 Å². The number of carboxylic acid groups (broad SMARTS) is 1. The third kappa shape index (κ3) is 7.84. The minimum absolute atomic E-state index is 0.0585. The predicted molar refractivity (Wildman–Crippen MR) is 120 cm³/mol. The molecule has 6 N–H and O–H groups in total. The zero-order valence-electron chi connectivity index (χ0n) is 18.1. The molecular weight excluding hydrogens is 452 g/mol. The standard InChI is InChI=1S/C20H30N6O6S/c27-18(16-12-14(32-25-16)6-4-9-21-20-22-10-5-11-23-20)24-13-17(19(28)29)26-33(30,31)15-7-2-1-3-8-15/h1-3,7-8,10,14,16-17,20-21,23,25-26H,4-6,9,11-13H2,(H,24,27)(H,28,29). The van der Waals surface area contributed by atoms with Crippen LogP contribution in [0, 0.1) is 0 Å². The van der Waals surface area contributed by atoms with Crippen molar-refractivity contribution in [3.05, 3.63) is 30.3 Å². The molecule has 13 heteroatoms. The Morgan fingerprint density at radius 2 is 2.06 bits per heavy atom. The molecule has 1 amide bonds. The highest BCUT2D eigenvalue weighted by molar-refractivity contribution is 7.89. The normalized spacial score (nSPS) is 23.8. The van der Waals surface area contributed by atoms with Crippen molar-refractivity contribution in [3.63, 3.8) is 0 Å². The average molecular weight is 483 g/mol. The average Bonchev–Trinajstić information content (AvgIpc) is 3.29. The van der Waals surface area contributed by atoms with Crippen LogP contribution in [0.25, 0.3) is 0 Å². The summed E-state index contributed by atoms with van der Waals surface area (Å²) in [5.74, 6) is -1.85. The van der Waals surface area contributed by atoms with Gasteiger partial charge >= 0.3 is 5.97 Å². The van der Waals surface area contributed by atoms with Crippen LogP contribution in [0.4, 0.5) is 0 Å². The molecule has 2 aliphatic heterocycles. The maximum absolute atomic E-state index is 12.4. The third-order valence-corrected chi connectivity index (χ3v) is 6.72. The Balaban J connectivity index is 1.39. The van der Waals surface area contributed by atoms with Crippen LogP contribution in [0.2, 0.25) is 0 Å². The van der Waals surface area contributed by atoms with Gasteiger partial charge in [-0.1, -0.05) is 18.2 Å². The van der Waals surface area contributed by atoms with Gasteiger partial charge in [0.05, 0.1) is 11.0 Å². The quantitative estimate of drug-likeness (QED) is 0.203. The fraction of sp³-hybridized carbons (Fsp3) is 0.550. The molecule has 2 heterocycles. The van der Waals surface area contributed by atoms with E-state index in [1.165, 1.54) is 24.3 Å². The molecule has 182 valence electrons. The number of hydrogen-bond donors (Lipinski definition) is 6. The highest BCUT2D eigenvalue weighted by Crippen LogP contribution is 2.16. The maximum Gasteiger partial charge on any atom is 0.323 e. The summed E-state index contributed by atoms with van der Waals surface area (Å²) in [7, 11) is -4.04. The summed E-state index contributed by atoms with van der Waals surface area (Å²) >= 11 is 0. The lowest BCUT2D eigenvalue weighted by Crippen LogP contribution is -2.51. The van der Waals surface area contributed by atoms with Gasteiger partial charge in [0.1, 0.15) is 12.1 Å². The molecular formula is C20H30N6O6S. The Morgan fingerprint density at radius 3 is 2.76 bits per heavy atom. The van der Waals surface area contributed by atoms with Gasteiger partial charge in [-0.15, -0.1) is 0 Å². The highest BCUT2D eigenvalue weighted by atomic mass is 32.2. The predicted octanol–water partition coefficient (Wildman–Crippen LogP) is -1.09. The molecule has 0 radical (unpaired) electrons. The Hall–Kier alpha value is -2.42. The molecule has 0 spiro atoms. The van der Waals surface area contributed by atoms with E-state index in [1.54, 1.807) is 6.07 Å². The van der Waals surface area contributed by atoms with Gasteiger partial charge in [-0.3, -0.25) is 30.1 Å². The SMILES string of the molecule is O=C(O)C(CNC(=O)C1CC(CCCNC2N=CCCN2)ON1)NS(=O)(=O)c1ccccc1. The van der Waals surface area contributed by atoms with E-state index >= 15 is 0 Å². The van der Waals surface area contributed by atoms with Gasteiger partial charge in [0.25, 0.3) is 0 Å². The van der Waals surface area contributed by atoms with Gasteiger partial charge in [0.2, 0.25) is 15.9 Å². The van der Waals surface area contributed by atoms with Crippen molar-refractivity contribution in [2.24, 2.45) is 4.99 Å². The van der Waals surface area contributed by atoms with Crippen LogP contribution in [-0.2, 0) is 24.4 Å². The summed E-state index contributed by atoms with van der Waals surface area (Å²) in [5.41, 5.74) is 2.67. The van der Waals surface area contributed by atoms with E-state index in [9.17, 15) is 23.1 Å². The van der Waals surface area contributed by atoms with Crippen molar-refractivity contribution in [1.82, 2.24) is 26.2 Å². The monoisotopic (exact) mass is 482 g/mol. The number of carbonyl (C=O) groups excluding carboxylic acids is 1. The Morgan fingerprint density at radius 1 is 1.27 bits per heavy atom. The van der Waals surface area contributed by atoms with Crippen LogP contribution in [0.3, 0.4) is 0 Å². The Bertz CT molecular complexity index is 928. The lowest BCUT2D eigenvalue weighted by atomic mass is 10.1. The van der Waals surface area contributed by atoms with E-state index in [1.807, 2.05) is 6.21 Å². The van der Waals surface area contributed by atoms with Crippen molar-refractivity contribution in [3.8, 4) is 0 Å². The molecule has 1 saturated heterocycles. The van der Waals surface area contributed by atoms with Crippen molar-refractivity contribution < 1.29 is 28.0 Å². The lowest BCUT2D eigenvalue weighted by molar-refractivity contribution is -0.139. The molecule has 1 aromatic rings. The number of nitrogens with zero attached hydrogens (tertiary/aromatic N) is 1. The molecule has 12 nitrogen and oxygen atoms in total. The molecule has 3 rings (SSSR count). The first-order valence-electron chi connectivity index (χ1n) is 10.8. The number of sulfonamides is 1. The zero-order chi connectivity index (χ0) is 23.7. The Kier molecular flexibility index (Phi) is 9.29. The van der Waals surface area contributed by atoms with E-state index in [0.717, 1.165) is 32.4 Å². The fourth-order valence-electron chi connectivity index (χ4n) is 3.45. The van der Waals surface area contributed by atoms with Crippen LogP contribution >= 0.6 is 0 Å². The summed E-state index contributed by atoms with van der Waals surface area (Å²) in [4.78, 5) is 33.6. The van der Waals surface area contributed by atoms with Crippen molar-refractivity contribution in [2.45, 2.75) is 55.1 Å². The number of carboxylic acids is 1. The van der Waals surface area contributed by atoms with Gasteiger partial charge in [0.15, 0.2) is 6.29 Å². The van der Waals surface area contributed by atoms with Crippen molar-refractivity contribution >= 4 is 28.1 Å². The molecule has 1 aromatic carbocycles. The summed E-state index contributed by atoms with van der Waals surface area (Å²) in [5, 5.41) is 18.4. The smallest absolute Gasteiger partial charge is 0.323 e. The number of aliphatic imine (C=N–C) groups is 1. The lowest BCUT2D eigenvalue weighted by Gasteiger charge is -2.19. The number of hydroxylamine groups is 1. The minimum atomic E-state index is -4.04. The van der Waals surface area contributed by atoms with Crippen LogP contribution in [0.15, 0.2) is 40.2 Å². The highest BCUT2D eigenvalue weighted by Gasteiger charge is 2.32. The number of hydrogen-bond acceptors (Lipinski definition) is 9. The van der Waals surface area contributed by atoms with E-state index in [4.69, 9.17) is 4.84 Å². The summed E-state index contributed by atoms with van der Waals surface area (Å²) < 4.78 is 26.9. The number of aliphatic carboxylic acids is 1. The summed E-state index contributed by atoms with van der Waals surface area (Å²) in [6.45, 7) is 1.24. The second-order valence-electron chi connectivity index (χ2n) is 7.79. The first-order valence-corrected chi connectivity index (χ1v) is 12.3. The van der Waals surface area contributed by atoms with Crippen LogP contribution in [0.5, 0.6) is 0 Å². The first-order chi connectivity index (χ1) is 15.8. The Labute approximate surface area is 192 Å². The van der Waals surface area contributed by atoms with Crippen LogP contribution in [-0.4, -0.2) is 75.7 Å². The molecule has 2 aliphatic rings. The number of amides is 1. The largest absolute Gasteiger partial charge is 0.480 e. The first kappa shape index (κ1) is 25.2. The second-order valence-corrected chi connectivity index (χ2v) is 9.50. The maximum atomic E-state index is 12.4. The van der Waals surface area contributed by atoms with E-state index in [-0.39, 0.29) is 17.3 Å². The van der Waals surface area contributed by atoms with Gasteiger partial charge in [-0.05, 0) is 37.9 Å². The number of carbonyl (C=O) groups is 2. The van der Waals surface area contributed by atoms with Crippen LogP contribution < -0.4 is 26.2 Å².